The summed E-state index contributed by atoms with van der Waals surface area (Å²) in [6.07, 6.45) is 0.0290. The number of benzene rings is 1. The zero-order valence-electron chi connectivity index (χ0n) is 18.4. The number of methoxy groups -OCH3 is 1. The Kier molecular flexibility index (Phi) is 5.24. The quantitative estimate of drug-likeness (QED) is 0.454. The van der Waals surface area contributed by atoms with Gasteiger partial charge in [0.05, 0.1) is 43.0 Å². The van der Waals surface area contributed by atoms with Crippen LogP contribution in [-0.4, -0.2) is 75.0 Å². The molecule has 5 rings (SSSR count). The van der Waals surface area contributed by atoms with Crippen LogP contribution in [0.2, 0.25) is 0 Å². The highest BCUT2D eigenvalue weighted by molar-refractivity contribution is 6.20. The molecule has 2 N–H and O–H groups in total. The van der Waals surface area contributed by atoms with Crippen molar-refractivity contribution in [1.29, 1.82) is 0 Å². The van der Waals surface area contributed by atoms with E-state index in [1.165, 1.54) is 12.0 Å². The second-order valence-electron chi connectivity index (χ2n) is 8.57. The van der Waals surface area contributed by atoms with E-state index in [4.69, 9.17) is 14.0 Å². The summed E-state index contributed by atoms with van der Waals surface area (Å²) >= 11 is 0. The molecule has 4 heterocycles. The van der Waals surface area contributed by atoms with Crippen molar-refractivity contribution in [2.24, 2.45) is 5.41 Å². The minimum Gasteiger partial charge on any atom is -0.383 e. The molecule has 1 aromatic carbocycles. The molecule has 2 saturated heterocycles. The van der Waals surface area contributed by atoms with Crippen LogP contribution in [-0.2, 0) is 30.3 Å². The molecule has 1 aromatic heterocycles. The number of barbiturate groups is 1. The number of carbonyl (C=O) groups excluding carboxylic acids is 4. The Hall–Kier alpha value is -3.58. The summed E-state index contributed by atoms with van der Waals surface area (Å²) in [7, 11) is 1.48. The molecule has 0 bridgehead atoms. The highest BCUT2D eigenvalue weighted by atomic mass is 19.1. The van der Waals surface area contributed by atoms with Gasteiger partial charge in [-0.15, -0.1) is 0 Å². The number of ether oxygens (including phenoxy) is 2. The summed E-state index contributed by atoms with van der Waals surface area (Å²) < 4.78 is 31.9. The SMILES string of the molecule is COCCN(C=O)c1noc2c(F)c3c(cc12)CC1(C(=O)NC(=O)NC1=O)C1CO[C@H](C)CN31. The molecule has 2 fully saturated rings. The molecular formula is C21H22FN5O7. The summed E-state index contributed by atoms with van der Waals surface area (Å²) in [5.74, 6) is -2.19. The molecule has 1 unspecified atom stereocenters. The molecule has 12 nitrogen and oxygen atoms in total. The van der Waals surface area contributed by atoms with Gasteiger partial charge in [-0.2, -0.15) is 0 Å². The average Bonchev–Trinajstić information content (AvgIpc) is 3.21. The minimum atomic E-state index is -1.72. The third kappa shape index (κ3) is 3.07. The number of amides is 5. The molecule has 2 aromatic rings. The lowest BCUT2D eigenvalue weighted by Gasteiger charge is -2.52. The monoisotopic (exact) mass is 475 g/mol. The maximum absolute atomic E-state index is 15.9. The Bertz CT molecular complexity index is 1190. The Morgan fingerprint density at radius 2 is 2.09 bits per heavy atom. The molecular weight excluding hydrogens is 453 g/mol. The summed E-state index contributed by atoms with van der Waals surface area (Å²) in [5, 5.41) is 8.44. The fourth-order valence-corrected chi connectivity index (χ4v) is 5.02. The maximum atomic E-state index is 15.9. The van der Waals surface area contributed by atoms with Gasteiger partial charge < -0.3 is 18.9 Å². The van der Waals surface area contributed by atoms with Crippen LogP contribution in [0.5, 0.6) is 0 Å². The molecule has 0 aliphatic carbocycles. The van der Waals surface area contributed by atoms with Crippen molar-refractivity contribution in [3.63, 3.8) is 0 Å². The lowest BCUT2D eigenvalue weighted by Crippen LogP contribution is -2.73. The second-order valence-corrected chi connectivity index (χ2v) is 8.57. The zero-order chi connectivity index (χ0) is 24.2. The topological polar surface area (TPSA) is 143 Å². The summed E-state index contributed by atoms with van der Waals surface area (Å²) in [6, 6.07) is -0.199. The van der Waals surface area contributed by atoms with E-state index in [2.05, 4.69) is 15.8 Å². The Morgan fingerprint density at radius 1 is 1.35 bits per heavy atom. The Morgan fingerprint density at radius 3 is 2.76 bits per heavy atom. The number of hydrogen-bond acceptors (Lipinski definition) is 9. The number of halogens is 1. The number of morpholine rings is 1. The van der Waals surface area contributed by atoms with Crippen molar-refractivity contribution < 1.29 is 37.6 Å². The maximum Gasteiger partial charge on any atom is 0.328 e. The van der Waals surface area contributed by atoms with Gasteiger partial charge in [-0.1, -0.05) is 5.16 Å². The standard InChI is InChI=1S/C21H22FN5O7/c1-10-7-27-13(8-33-10)21(18(29)23-20(31)24-19(21)30)6-11-5-12-16(14(22)15(11)27)34-25-17(12)26(9-28)3-4-32-2/h5,9-10,13H,3-4,6-8H2,1-2H3,(H2,23,24,29,30,31)/t10-,13?/m1/s1. The van der Waals surface area contributed by atoms with Crippen molar-refractivity contribution in [2.45, 2.75) is 25.5 Å². The first-order valence-corrected chi connectivity index (χ1v) is 10.7. The largest absolute Gasteiger partial charge is 0.383 e. The fraction of sp³-hybridized carbons (Fsp3) is 0.476. The number of rotatable bonds is 5. The van der Waals surface area contributed by atoms with Gasteiger partial charge in [-0.05, 0) is 18.6 Å². The van der Waals surface area contributed by atoms with Gasteiger partial charge in [0.2, 0.25) is 23.8 Å². The molecule has 13 heteroatoms. The van der Waals surface area contributed by atoms with Crippen LogP contribution in [0.1, 0.15) is 12.5 Å². The van der Waals surface area contributed by atoms with E-state index >= 15 is 4.39 Å². The molecule has 3 aliphatic rings. The number of anilines is 2. The van der Waals surface area contributed by atoms with Gasteiger partial charge in [0.15, 0.2) is 17.1 Å². The first-order valence-electron chi connectivity index (χ1n) is 10.7. The molecule has 0 radical (unpaired) electrons. The highest BCUT2D eigenvalue weighted by Gasteiger charge is 2.61. The van der Waals surface area contributed by atoms with E-state index < -0.39 is 35.1 Å². The zero-order valence-corrected chi connectivity index (χ0v) is 18.4. The van der Waals surface area contributed by atoms with Crippen molar-refractivity contribution in [3.8, 4) is 0 Å². The third-order valence-electron chi connectivity index (χ3n) is 6.63. The minimum absolute atomic E-state index is 0.0231. The molecule has 34 heavy (non-hydrogen) atoms. The van der Waals surface area contributed by atoms with Gasteiger partial charge in [0.1, 0.15) is 0 Å². The summed E-state index contributed by atoms with van der Waals surface area (Å²) in [4.78, 5) is 52.5. The average molecular weight is 475 g/mol. The van der Waals surface area contributed by atoms with Crippen LogP contribution < -0.4 is 20.4 Å². The molecule has 180 valence electrons. The van der Waals surface area contributed by atoms with Crippen LogP contribution >= 0.6 is 0 Å². The van der Waals surface area contributed by atoms with Crippen molar-refractivity contribution >= 4 is 46.7 Å². The van der Waals surface area contributed by atoms with E-state index in [-0.39, 0.29) is 61.3 Å². The Balaban J connectivity index is 1.70. The summed E-state index contributed by atoms with van der Waals surface area (Å²) in [5.41, 5.74) is -1.36. The van der Waals surface area contributed by atoms with Crippen LogP contribution in [0.3, 0.4) is 0 Å². The molecule has 0 saturated carbocycles. The van der Waals surface area contributed by atoms with Crippen molar-refractivity contribution in [3.05, 3.63) is 17.4 Å². The van der Waals surface area contributed by atoms with Gasteiger partial charge >= 0.3 is 6.03 Å². The Labute approximate surface area is 192 Å². The number of carbonyl (C=O) groups is 4. The second kappa shape index (κ2) is 8.02. The lowest BCUT2D eigenvalue weighted by atomic mass is 9.68. The van der Waals surface area contributed by atoms with E-state index in [1.807, 2.05) is 0 Å². The number of hydrogen-bond donors (Lipinski definition) is 2. The highest BCUT2D eigenvalue weighted by Crippen LogP contribution is 2.48. The first-order chi connectivity index (χ1) is 16.3. The van der Waals surface area contributed by atoms with Crippen LogP contribution in [0.4, 0.5) is 20.7 Å². The molecule has 3 aliphatic heterocycles. The van der Waals surface area contributed by atoms with Crippen LogP contribution in [0.25, 0.3) is 11.0 Å². The van der Waals surface area contributed by atoms with Crippen molar-refractivity contribution in [2.75, 3.05) is 43.2 Å². The normalized spacial score (nSPS) is 23.4. The van der Waals surface area contributed by atoms with E-state index in [9.17, 15) is 19.2 Å². The molecule has 5 amide bonds. The summed E-state index contributed by atoms with van der Waals surface area (Å²) in [6.45, 7) is 2.34. The fourth-order valence-electron chi connectivity index (χ4n) is 5.02. The van der Waals surface area contributed by atoms with Crippen LogP contribution in [0, 0.1) is 11.2 Å². The lowest BCUT2D eigenvalue weighted by molar-refractivity contribution is -0.149. The van der Waals surface area contributed by atoms with E-state index in [0.717, 1.165) is 0 Å². The van der Waals surface area contributed by atoms with Crippen LogP contribution in [0.15, 0.2) is 10.6 Å². The van der Waals surface area contributed by atoms with Gasteiger partial charge in [-0.3, -0.25) is 29.9 Å². The molecule has 1 spiro atoms. The number of nitrogens with one attached hydrogen (secondary N) is 2. The number of fused-ring (bicyclic) bond motifs is 5. The van der Waals surface area contributed by atoms with E-state index in [1.54, 1.807) is 17.9 Å². The predicted molar refractivity (Wildman–Crippen MR) is 114 cm³/mol. The van der Waals surface area contributed by atoms with Crippen molar-refractivity contribution in [1.82, 2.24) is 15.8 Å². The third-order valence-corrected chi connectivity index (χ3v) is 6.63. The van der Waals surface area contributed by atoms with Gasteiger partial charge in [0, 0.05) is 20.1 Å². The van der Waals surface area contributed by atoms with E-state index in [0.29, 0.717) is 12.0 Å². The smallest absolute Gasteiger partial charge is 0.328 e. The molecule has 2 atom stereocenters. The number of aromatic nitrogens is 1. The van der Waals surface area contributed by atoms with Gasteiger partial charge in [0.25, 0.3) is 0 Å². The predicted octanol–water partition coefficient (Wildman–Crippen LogP) is 0.0783. The number of imide groups is 2. The van der Waals surface area contributed by atoms with Gasteiger partial charge in [-0.25, -0.2) is 9.18 Å². The first kappa shape index (κ1) is 22.2. The number of nitrogens with zero attached hydrogens (tertiary/aromatic N) is 3. The number of urea groups is 1.